The lowest BCUT2D eigenvalue weighted by atomic mass is 10.2. The Kier molecular flexibility index (Phi) is 8.32. The molecule has 0 aromatic heterocycles. The van der Waals surface area contributed by atoms with Crippen LogP contribution in [0.15, 0.2) is 60.7 Å². The molecule has 2 rings (SSSR count). The summed E-state index contributed by atoms with van der Waals surface area (Å²) in [4.78, 5) is 25.6. The smallest absolute Gasteiger partial charge is 0.320 e. The summed E-state index contributed by atoms with van der Waals surface area (Å²) in [7, 11) is 0. The summed E-state index contributed by atoms with van der Waals surface area (Å²) >= 11 is 0. The van der Waals surface area contributed by atoms with E-state index >= 15 is 0 Å². The molecule has 2 aromatic rings. The van der Waals surface area contributed by atoms with Crippen LogP contribution in [0, 0.1) is 0 Å². The van der Waals surface area contributed by atoms with E-state index in [1.807, 2.05) is 60.7 Å². The third-order valence-corrected chi connectivity index (χ3v) is 3.64. The molecule has 0 saturated carbocycles. The van der Waals surface area contributed by atoms with Crippen LogP contribution < -0.4 is 5.73 Å². The molecule has 0 unspecified atom stereocenters. The molecule has 2 aromatic carbocycles. The van der Waals surface area contributed by atoms with Crippen molar-refractivity contribution in [1.82, 2.24) is 4.90 Å². The molecule has 6 nitrogen and oxygen atoms in total. The Morgan fingerprint density at radius 2 is 1.19 bits per heavy atom. The summed E-state index contributed by atoms with van der Waals surface area (Å²) in [6.07, 6.45) is 0. The standard InChI is InChI=1S/C20H24N2O4/c21-11-12-22(13-19(23)25-15-17-7-3-1-4-8-17)14-20(24)26-16-18-9-5-2-6-10-18/h1-10H,11-16,21H2. The summed E-state index contributed by atoms with van der Waals surface area (Å²) in [5, 5.41) is 0. The Morgan fingerprint density at radius 3 is 1.58 bits per heavy atom. The van der Waals surface area contributed by atoms with Crippen LogP contribution in [0.2, 0.25) is 0 Å². The van der Waals surface area contributed by atoms with Crippen LogP contribution in [0.1, 0.15) is 11.1 Å². The van der Waals surface area contributed by atoms with Gasteiger partial charge in [-0.3, -0.25) is 14.5 Å². The predicted molar refractivity (Wildman–Crippen MR) is 98.0 cm³/mol. The fraction of sp³-hybridized carbons (Fsp3) is 0.300. The summed E-state index contributed by atoms with van der Waals surface area (Å²) in [6, 6.07) is 18.8. The molecule has 26 heavy (non-hydrogen) atoms. The lowest BCUT2D eigenvalue weighted by Crippen LogP contribution is -2.39. The minimum absolute atomic E-state index is 0.00945. The van der Waals surface area contributed by atoms with Crippen LogP contribution in [0.3, 0.4) is 0 Å². The minimum Gasteiger partial charge on any atom is -0.460 e. The van der Waals surface area contributed by atoms with Crippen LogP contribution >= 0.6 is 0 Å². The summed E-state index contributed by atoms with van der Waals surface area (Å²) < 4.78 is 10.5. The number of nitrogens with two attached hydrogens (primary N) is 1. The Morgan fingerprint density at radius 1 is 0.769 bits per heavy atom. The van der Waals surface area contributed by atoms with Crippen LogP contribution in [0.4, 0.5) is 0 Å². The van der Waals surface area contributed by atoms with E-state index in [0.717, 1.165) is 11.1 Å². The van der Waals surface area contributed by atoms with Gasteiger partial charge in [-0.1, -0.05) is 60.7 Å². The summed E-state index contributed by atoms with van der Waals surface area (Å²) in [5.74, 6) is -0.809. The van der Waals surface area contributed by atoms with E-state index in [4.69, 9.17) is 15.2 Å². The van der Waals surface area contributed by atoms with Gasteiger partial charge in [0.2, 0.25) is 0 Å². The van der Waals surface area contributed by atoms with Gasteiger partial charge in [-0.05, 0) is 11.1 Å². The minimum atomic E-state index is -0.404. The molecule has 0 saturated heterocycles. The van der Waals surface area contributed by atoms with Gasteiger partial charge in [0, 0.05) is 13.1 Å². The maximum atomic E-state index is 12.0. The second-order valence-corrected chi connectivity index (χ2v) is 5.79. The van der Waals surface area contributed by atoms with Gasteiger partial charge in [-0.2, -0.15) is 0 Å². The second kappa shape index (κ2) is 11.0. The van der Waals surface area contributed by atoms with E-state index in [9.17, 15) is 9.59 Å². The molecule has 0 bridgehead atoms. The van der Waals surface area contributed by atoms with Gasteiger partial charge in [0.1, 0.15) is 13.2 Å². The fourth-order valence-electron chi connectivity index (χ4n) is 2.33. The van der Waals surface area contributed by atoms with E-state index in [0.29, 0.717) is 13.1 Å². The Bertz CT molecular complexity index is 619. The van der Waals surface area contributed by atoms with E-state index in [1.165, 1.54) is 0 Å². The number of esters is 2. The van der Waals surface area contributed by atoms with Gasteiger partial charge in [0.05, 0.1) is 13.1 Å². The van der Waals surface area contributed by atoms with E-state index in [2.05, 4.69) is 0 Å². The van der Waals surface area contributed by atoms with Gasteiger partial charge in [0.15, 0.2) is 0 Å². The zero-order chi connectivity index (χ0) is 18.6. The van der Waals surface area contributed by atoms with E-state index < -0.39 is 11.9 Å². The average molecular weight is 356 g/mol. The zero-order valence-electron chi connectivity index (χ0n) is 14.7. The first-order chi connectivity index (χ1) is 12.7. The molecular weight excluding hydrogens is 332 g/mol. The van der Waals surface area contributed by atoms with Gasteiger partial charge < -0.3 is 15.2 Å². The lowest BCUT2D eigenvalue weighted by molar-refractivity contribution is -0.150. The first-order valence-corrected chi connectivity index (χ1v) is 8.49. The largest absolute Gasteiger partial charge is 0.460 e. The molecule has 0 radical (unpaired) electrons. The van der Waals surface area contributed by atoms with Crippen LogP contribution in [-0.2, 0) is 32.3 Å². The molecule has 0 fully saturated rings. The summed E-state index contributed by atoms with van der Waals surface area (Å²) in [6.45, 7) is 1.12. The normalized spacial score (nSPS) is 10.5. The maximum absolute atomic E-state index is 12.0. The fourth-order valence-corrected chi connectivity index (χ4v) is 2.33. The van der Waals surface area contributed by atoms with Crippen molar-refractivity contribution in [1.29, 1.82) is 0 Å². The van der Waals surface area contributed by atoms with Gasteiger partial charge in [0.25, 0.3) is 0 Å². The number of carbonyl (C=O) groups excluding carboxylic acids is 2. The molecule has 0 aliphatic rings. The SMILES string of the molecule is NCCN(CC(=O)OCc1ccccc1)CC(=O)OCc1ccccc1. The van der Waals surface area contributed by atoms with Crippen molar-refractivity contribution < 1.29 is 19.1 Å². The molecule has 0 atom stereocenters. The Labute approximate surface area is 153 Å². The van der Waals surface area contributed by atoms with Crippen molar-refractivity contribution in [2.45, 2.75) is 13.2 Å². The monoisotopic (exact) mass is 356 g/mol. The first-order valence-electron chi connectivity index (χ1n) is 8.49. The van der Waals surface area contributed by atoms with Crippen molar-refractivity contribution in [2.24, 2.45) is 5.73 Å². The molecule has 0 spiro atoms. The maximum Gasteiger partial charge on any atom is 0.320 e. The van der Waals surface area contributed by atoms with Crippen LogP contribution in [-0.4, -0.2) is 43.0 Å². The zero-order valence-corrected chi connectivity index (χ0v) is 14.7. The van der Waals surface area contributed by atoms with Crippen molar-refractivity contribution in [2.75, 3.05) is 26.2 Å². The van der Waals surface area contributed by atoms with Gasteiger partial charge in [-0.25, -0.2) is 0 Å². The lowest BCUT2D eigenvalue weighted by Gasteiger charge is -2.19. The van der Waals surface area contributed by atoms with Gasteiger partial charge >= 0.3 is 11.9 Å². The molecule has 2 N–H and O–H groups in total. The highest BCUT2D eigenvalue weighted by Crippen LogP contribution is 2.03. The Balaban J connectivity index is 1.75. The predicted octanol–water partition coefficient (Wildman–Crippen LogP) is 1.73. The third-order valence-electron chi connectivity index (χ3n) is 3.64. The highest BCUT2D eigenvalue weighted by molar-refractivity contribution is 5.75. The van der Waals surface area contributed by atoms with Crippen molar-refractivity contribution in [3.05, 3.63) is 71.8 Å². The average Bonchev–Trinajstić information content (AvgIpc) is 2.66. The number of carbonyl (C=O) groups is 2. The van der Waals surface area contributed by atoms with Crippen molar-refractivity contribution in [3.63, 3.8) is 0 Å². The number of rotatable bonds is 10. The molecule has 0 amide bonds. The number of ether oxygens (including phenoxy) is 2. The van der Waals surface area contributed by atoms with Crippen molar-refractivity contribution >= 4 is 11.9 Å². The second-order valence-electron chi connectivity index (χ2n) is 5.79. The molecule has 138 valence electrons. The highest BCUT2D eigenvalue weighted by atomic mass is 16.5. The molecule has 0 aliphatic carbocycles. The van der Waals surface area contributed by atoms with E-state index in [1.54, 1.807) is 4.90 Å². The number of benzene rings is 2. The quantitative estimate of drug-likeness (QED) is 0.653. The van der Waals surface area contributed by atoms with Crippen LogP contribution in [0.25, 0.3) is 0 Å². The van der Waals surface area contributed by atoms with Crippen LogP contribution in [0.5, 0.6) is 0 Å². The first kappa shape index (κ1) is 19.6. The van der Waals surface area contributed by atoms with Crippen molar-refractivity contribution in [3.8, 4) is 0 Å². The Hall–Kier alpha value is -2.70. The highest BCUT2D eigenvalue weighted by Gasteiger charge is 2.16. The summed E-state index contributed by atoms with van der Waals surface area (Å²) in [5.41, 5.74) is 7.39. The molecule has 0 aliphatic heterocycles. The molecular formula is C20H24N2O4. The number of hydrogen-bond acceptors (Lipinski definition) is 6. The number of hydrogen-bond donors (Lipinski definition) is 1. The third kappa shape index (κ3) is 7.46. The molecule has 6 heteroatoms. The molecule has 0 heterocycles. The topological polar surface area (TPSA) is 81.9 Å². The van der Waals surface area contributed by atoms with E-state index in [-0.39, 0.29) is 26.3 Å². The van der Waals surface area contributed by atoms with Gasteiger partial charge in [-0.15, -0.1) is 0 Å². The number of nitrogens with zero attached hydrogens (tertiary/aromatic N) is 1.